The van der Waals surface area contributed by atoms with E-state index < -0.39 is 6.10 Å². The van der Waals surface area contributed by atoms with Gasteiger partial charge in [0.15, 0.2) is 0 Å². The molecule has 0 aliphatic carbocycles. The van der Waals surface area contributed by atoms with Crippen LogP contribution in [0.25, 0.3) is 0 Å². The average molecular weight is 268 g/mol. The third kappa shape index (κ3) is 5.06. The third-order valence-corrected chi connectivity index (χ3v) is 3.23. The molecule has 0 heterocycles. The van der Waals surface area contributed by atoms with Crippen molar-refractivity contribution < 1.29 is 14.9 Å². The minimum Gasteiger partial charge on any atom is -0.491 e. The Kier molecular flexibility index (Phi) is 5.60. The minimum absolute atomic E-state index is 0.0367. The first kappa shape index (κ1) is 15.8. The van der Waals surface area contributed by atoms with Crippen LogP contribution in [0.15, 0.2) is 24.3 Å². The Morgan fingerprint density at radius 2 is 1.89 bits per heavy atom. The van der Waals surface area contributed by atoms with Gasteiger partial charge in [0.2, 0.25) is 0 Å². The van der Waals surface area contributed by atoms with E-state index in [1.54, 1.807) is 24.3 Å². The van der Waals surface area contributed by atoms with Crippen LogP contribution in [0.2, 0.25) is 0 Å². The molecule has 1 aromatic carbocycles. The second kappa shape index (κ2) is 6.75. The molecule has 1 rings (SSSR count). The molecule has 19 heavy (non-hydrogen) atoms. The van der Waals surface area contributed by atoms with Crippen LogP contribution in [-0.2, 0) is 0 Å². The maximum Gasteiger partial charge on any atom is 0.119 e. The zero-order chi connectivity index (χ0) is 14.5. The standard InChI is InChI=1S/C14H24N2O3/c1-14(2,10-17)16(3)8-12(18)9-19-13-6-4-11(15)5-7-13/h4-7,12,17-18H,8-10,15H2,1-3H3. The third-order valence-electron chi connectivity index (χ3n) is 3.23. The van der Waals surface area contributed by atoms with Gasteiger partial charge >= 0.3 is 0 Å². The molecule has 0 saturated heterocycles. The van der Waals surface area contributed by atoms with Crippen LogP contribution >= 0.6 is 0 Å². The van der Waals surface area contributed by atoms with Crippen molar-refractivity contribution in [1.29, 1.82) is 0 Å². The van der Waals surface area contributed by atoms with Gasteiger partial charge in [-0.3, -0.25) is 4.90 Å². The molecule has 1 unspecified atom stereocenters. The number of anilines is 1. The first-order valence-electron chi connectivity index (χ1n) is 6.33. The lowest BCUT2D eigenvalue weighted by atomic mass is 10.0. The van der Waals surface area contributed by atoms with Gasteiger partial charge in [0.05, 0.1) is 6.61 Å². The van der Waals surface area contributed by atoms with Gasteiger partial charge in [0.1, 0.15) is 18.5 Å². The monoisotopic (exact) mass is 268 g/mol. The van der Waals surface area contributed by atoms with Crippen LogP contribution in [0, 0.1) is 0 Å². The van der Waals surface area contributed by atoms with E-state index in [0.717, 1.165) is 0 Å². The highest BCUT2D eigenvalue weighted by molar-refractivity contribution is 5.41. The van der Waals surface area contributed by atoms with E-state index in [-0.39, 0.29) is 18.8 Å². The SMILES string of the molecule is CN(CC(O)COc1ccc(N)cc1)C(C)(C)CO. The first-order chi connectivity index (χ1) is 8.85. The van der Waals surface area contributed by atoms with Crippen molar-refractivity contribution in [2.75, 3.05) is 32.5 Å². The maximum atomic E-state index is 9.92. The largest absolute Gasteiger partial charge is 0.491 e. The molecule has 1 aromatic rings. The van der Waals surface area contributed by atoms with Crippen LogP contribution in [-0.4, -0.2) is 53.6 Å². The van der Waals surface area contributed by atoms with Crippen molar-refractivity contribution in [3.8, 4) is 5.75 Å². The molecular weight excluding hydrogens is 244 g/mol. The second-order valence-electron chi connectivity index (χ2n) is 5.38. The Hall–Kier alpha value is -1.30. The summed E-state index contributed by atoms with van der Waals surface area (Å²) in [5.41, 5.74) is 5.90. The second-order valence-corrected chi connectivity index (χ2v) is 5.38. The number of likely N-dealkylation sites (N-methyl/N-ethyl adjacent to an activating group) is 1. The Morgan fingerprint density at radius 1 is 1.32 bits per heavy atom. The minimum atomic E-state index is -0.617. The molecule has 108 valence electrons. The van der Waals surface area contributed by atoms with Gasteiger partial charge < -0.3 is 20.7 Å². The summed E-state index contributed by atoms with van der Waals surface area (Å²) >= 11 is 0. The molecule has 0 saturated carbocycles. The topological polar surface area (TPSA) is 79.0 Å². The summed E-state index contributed by atoms with van der Waals surface area (Å²) in [7, 11) is 1.86. The number of ether oxygens (including phenoxy) is 1. The van der Waals surface area contributed by atoms with Gasteiger partial charge in [-0.25, -0.2) is 0 Å². The molecule has 0 spiro atoms. The van der Waals surface area contributed by atoms with Gasteiger partial charge in [-0.05, 0) is 45.2 Å². The quantitative estimate of drug-likeness (QED) is 0.635. The normalized spacial score (nSPS) is 13.6. The zero-order valence-corrected chi connectivity index (χ0v) is 11.8. The molecule has 4 N–H and O–H groups in total. The predicted molar refractivity (Wildman–Crippen MR) is 76.2 cm³/mol. The van der Waals surface area contributed by atoms with Gasteiger partial charge in [-0.1, -0.05) is 0 Å². The van der Waals surface area contributed by atoms with Crippen LogP contribution in [0.5, 0.6) is 5.75 Å². The van der Waals surface area contributed by atoms with Gasteiger partial charge in [-0.2, -0.15) is 0 Å². The summed E-state index contributed by atoms with van der Waals surface area (Å²) in [6.07, 6.45) is -0.617. The smallest absolute Gasteiger partial charge is 0.119 e. The van der Waals surface area contributed by atoms with Crippen LogP contribution in [0.3, 0.4) is 0 Å². The Labute approximate surface area is 114 Å². The predicted octanol–water partition coefficient (Wildman–Crippen LogP) is 0.711. The Morgan fingerprint density at radius 3 is 2.42 bits per heavy atom. The summed E-state index contributed by atoms with van der Waals surface area (Å²) in [5, 5.41) is 19.2. The number of benzene rings is 1. The highest BCUT2D eigenvalue weighted by Gasteiger charge is 2.24. The molecule has 0 aromatic heterocycles. The highest BCUT2D eigenvalue weighted by Crippen LogP contribution is 2.14. The maximum absolute atomic E-state index is 9.92. The average Bonchev–Trinajstić information content (AvgIpc) is 2.38. The Balaban J connectivity index is 2.39. The van der Waals surface area contributed by atoms with E-state index in [1.165, 1.54) is 0 Å². The summed E-state index contributed by atoms with van der Waals surface area (Å²) in [6.45, 7) is 4.51. The molecule has 5 nitrogen and oxygen atoms in total. The molecule has 0 fully saturated rings. The molecule has 0 aliphatic rings. The van der Waals surface area contributed by atoms with Gasteiger partial charge in [-0.15, -0.1) is 0 Å². The molecular formula is C14H24N2O3. The summed E-state index contributed by atoms with van der Waals surface area (Å²) in [5.74, 6) is 0.678. The fourth-order valence-corrected chi connectivity index (χ4v) is 1.49. The number of nitrogen functional groups attached to an aromatic ring is 1. The number of hydrogen-bond donors (Lipinski definition) is 3. The van der Waals surface area contributed by atoms with E-state index in [4.69, 9.17) is 10.5 Å². The summed E-state index contributed by atoms with van der Waals surface area (Å²) < 4.78 is 5.48. The molecule has 0 radical (unpaired) electrons. The molecule has 5 heteroatoms. The van der Waals surface area contributed by atoms with Crippen molar-refractivity contribution in [3.63, 3.8) is 0 Å². The number of β-amino-alcohol motifs (C(OH)–C–C–N with tert-alkyl or cyclic N) is 1. The summed E-state index contributed by atoms with van der Waals surface area (Å²) in [6, 6.07) is 7.04. The molecule has 0 aliphatic heterocycles. The van der Waals surface area contributed by atoms with E-state index >= 15 is 0 Å². The van der Waals surface area contributed by atoms with Crippen LogP contribution < -0.4 is 10.5 Å². The molecule has 0 amide bonds. The molecule has 0 bridgehead atoms. The number of rotatable bonds is 7. The van der Waals surface area contributed by atoms with E-state index in [0.29, 0.717) is 18.0 Å². The fraction of sp³-hybridized carbons (Fsp3) is 0.571. The molecule has 1 atom stereocenters. The fourth-order valence-electron chi connectivity index (χ4n) is 1.49. The first-order valence-corrected chi connectivity index (χ1v) is 6.33. The van der Waals surface area contributed by atoms with Crippen molar-refractivity contribution >= 4 is 5.69 Å². The highest BCUT2D eigenvalue weighted by atomic mass is 16.5. The van der Waals surface area contributed by atoms with Crippen molar-refractivity contribution in [1.82, 2.24) is 4.90 Å². The van der Waals surface area contributed by atoms with Crippen LogP contribution in [0.4, 0.5) is 5.69 Å². The number of nitrogens with two attached hydrogens (primary N) is 1. The lowest BCUT2D eigenvalue weighted by Gasteiger charge is -2.35. The number of aliphatic hydroxyl groups excluding tert-OH is 2. The Bertz CT molecular complexity index is 379. The van der Waals surface area contributed by atoms with E-state index in [1.807, 2.05) is 25.8 Å². The zero-order valence-electron chi connectivity index (χ0n) is 11.8. The van der Waals surface area contributed by atoms with Gasteiger partial charge in [0, 0.05) is 17.8 Å². The van der Waals surface area contributed by atoms with Gasteiger partial charge in [0.25, 0.3) is 0 Å². The number of nitrogens with zero attached hydrogens (tertiary/aromatic N) is 1. The van der Waals surface area contributed by atoms with Crippen LogP contribution in [0.1, 0.15) is 13.8 Å². The van der Waals surface area contributed by atoms with Crippen molar-refractivity contribution in [2.24, 2.45) is 0 Å². The number of aliphatic hydroxyl groups is 2. The van der Waals surface area contributed by atoms with E-state index in [2.05, 4.69) is 0 Å². The van der Waals surface area contributed by atoms with Crippen molar-refractivity contribution in [3.05, 3.63) is 24.3 Å². The summed E-state index contributed by atoms with van der Waals surface area (Å²) in [4.78, 5) is 1.91. The van der Waals surface area contributed by atoms with Crippen molar-refractivity contribution in [2.45, 2.75) is 25.5 Å². The number of hydrogen-bond acceptors (Lipinski definition) is 5. The van der Waals surface area contributed by atoms with E-state index in [9.17, 15) is 10.2 Å². The lowest BCUT2D eigenvalue weighted by molar-refractivity contribution is 0.0193. The lowest BCUT2D eigenvalue weighted by Crippen LogP contribution is -2.48.